The van der Waals surface area contributed by atoms with E-state index in [4.69, 9.17) is 4.18 Å². The quantitative estimate of drug-likeness (QED) is 0.351. The summed E-state index contributed by atoms with van der Waals surface area (Å²) in [7, 11) is 1.50. The van der Waals surface area contributed by atoms with Crippen molar-refractivity contribution in [3.63, 3.8) is 0 Å². The minimum absolute atomic E-state index is 0.442. The van der Waals surface area contributed by atoms with Crippen molar-refractivity contribution in [1.82, 2.24) is 0 Å². The van der Waals surface area contributed by atoms with E-state index < -0.39 is 0 Å². The van der Waals surface area contributed by atoms with E-state index in [-0.39, 0.29) is 0 Å². The Labute approximate surface area is 133 Å². The SMILES string of the molecule is CC(CCC=O)C1CCC2C(OSI)CCCC12C. The molecule has 0 bridgehead atoms. The molecule has 0 aromatic heterocycles. The molecule has 0 heterocycles. The van der Waals surface area contributed by atoms with Crippen LogP contribution in [0.25, 0.3) is 0 Å². The highest BCUT2D eigenvalue weighted by molar-refractivity contribution is 14.2. The Morgan fingerprint density at radius 3 is 2.95 bits per heavy atom. The molecular formula is C15H25IO2S. The maximum absolute atomic E-state index is 10.6. The average Bonchev–Trinajstić information content (AvgIpc) is 2.74. The van der Waals surface area contributed by atoms with Gasteiger partial charge in [0.1, 0.15) is 6.29 Å². The van der Waals surface area contributed by atoms with Crippen molar-refractivity contribution < 1.29 is 8.98 Å². The summed E-state index contributed by atoms with van der Waals surface area (Å²) in [6.07, 6.45) is 9.82. The fourth-order valence-electron chi connectivity index (χ4n) is 4.79. The smallest absolute Gasteiger partial charge is 0.120 e. The van der Waals surface area contributed by atoms with Crippen LogP contribution in [0.1, 0.15) is 58.8 Å². The van der Waals surface area contributed by atoms with E-state index in [1.165, 1.54) is 41.3 Å². The third-order valence-corrected chi connectivity index (χ3v) is 6.67. The molecule has 110 valence electrons. The number of carbonyl (C=O) groups is 1. The van der Waals surface area contributed by atoms with Gasteiger partial charge in [0.15, 0.2) is 0 Å². The van der Waals surface area contributed by atoms with Crippen molar-refractivity contribution in [2.24, 2.45) is 23.2 Å². The van der Waals surface area contributed by atoms with Crippen LogP contribution in [0.2, 0.25) is 0 Å². The maximum atomic E-state index is 10.6. The van der Waals surface area contributed by atoms with Gasteiger partial charge in [-0.3, -0.25) is 0 Å². The topological polar surface area (TPSA) is 26.3 Å². The Hall–Kier alpha value is 0.710. The van der Waals surface area contributed by atoms with Gasteiger partial charge in [-0.25, -0.2) is 0 Å². The summed E-state index contributed by atoms with van der Waals surface area (Å²) in [5, 5.41) is 0. The van der Waals surface area contributed by atoms with E-state index in [0.717, 1.165) is 31.0 Å². The standard InChI is InChI=1S/C15H25IO2S/c1-11(5-4-10-17)12-7-8-13-14(18-19-16)6-3-9-15(12,13)2/h10-14H,3-9H2,1-2H3. The zero-order valence-electron chi connectivity index (χ0n) is 11.9. The maximum Gasteiger partial charge on any atom is 0.120 e. The van der Waals surface area contributed by atoms with Gasteiger partial charge in [-0.15, -0.1) is 0 Å². The Kier molecular flexibility index (Phi) is 6.03. The Morgan fingerprint density at radius 2 is 2.26 bits per heavy atom. The highest BCUT2D eigenvalue weighted by Gasteiger charge is 2.52. The van der Waals surface area contributed by atoms with E-state index >= 15 is 0 Å². The van der Waals surface area contributed by atoms with Gasteiger partial charge >= 0.3 is 0 Å². The lowest BCUT2D eigenvalue weighted by Crippen LogP contribution is -2.41. The predicted octanol–water partition coefficient (Wildman–Crippen LogP) is 5.20. The Bertz CT molecular complexity index is 311. The predicted molar refractivity (Wildman–Crippen MR) is 89.1 cm³/mol. The van der Waals surface area contributed by atoms with Crippen molar-refractivity contribution in [2.75, 3.05) is 0 Å². The van der Waals surface area contributed by atoms with Gasteiger partial charge < -0.3 is 8.98 Å². The summed E-state index contributed by atoms with van der Waals surface area (Å²) in [6, 6.07) is 0. The van der Waals surface area contributed by atoms with Crippen LogP contribution < -0.4 is 0 Å². The second kappa shape index (κ2) is 7.12. The molecule has 0 N–H and O–H groups in total. The molecule has 2 fully saturated rings. The lowest BCUT2D eigenvalue weighted by molar-refractivity contribution is -0.108. The first kappa shape index (κ1) is 16.1. The summed E-state index contributed by atoms with van der Waals surface area (Å²) < 4.78 is 5.92. The summed E-state index contributed by atoms with van der Waals surface area (Å²) in [5.74, 6) is 2.18. The van der Waals surface area contributed by atoms with Crippen LogP contribution in [-0.2, 0) is 8.98 Å². The summed E-state index contributed by atoms with van der Waals surface area (Å²) in [5.41, 5.74) is 0.442. The van der Waals surface area contributed by atoms with Crippen molar-refractivity contribution in [3.05, 3.63) is 0 Å². The van der Waals surface area contributed by atoms with E-state index in [1.54, 1.807) is 0 Å². The van der Waals surface area contributed by atoms with Gasteiger partial charge in [0.2, 0.25) is 0 Å². The van der Waals surface area contributed by atoms with Crippen molar-refractivity contribution in [2.45, 2.75) is 64.9 Å². The van der Waals surface area contributed by atoms with E-state index in [9.17, 15) is 4.79 Å². The first-order chi connectivity index (χ1) is 9.13. The van der Waals surface area contributed by atoms with Crippen LogP contribution in [0.5, 0.6) is 0 Å². The molecule has 2 saturated carbocycles. The largest absolute Gasteiger partial charge is 0.303 e. The fourth-order valence-corrected chi connectivity index (χ4v) is 5.91. The molecule has 4 heteroatoms. The second-order valence-electron chi connectivity index (χ2n) is 6.61. The second-order valence-corrected chi connectivity index (χ2v) is 8.00. The van der Waals surface area contributed by atoms with Crippen molar-refractivity contribution in [1.29, 1.82) is 0 Å². The monoisotopic (exact) mass is 396 g/mol. The minimum Gasteiger partial charge on any atom is -0.303 e. The van der Waals surface area contributed by atoms with Crippen LogP contribution >= 0.6 is 30.4 Å². The molecule has 2 nitrogen and oxygen atoms in total. The Morgan fingerprint density at radius 1 is 1.47 bits per heavy atom. The van der Waals surface area contributed by atoms with Crippen LogP contribution in [0.4, 0.5) is 0 Å². The molecule has 19 heavy (non-hydrogen) atoms. The number of carbonyl (C=O) groups excluding carboxylic acids is 1. The highest BCUT2D eigenvalue weighted by atomic mass is 127. The average molecular weight is 396 g/mol. The zero-order valence-corrected chi connectivity index (χ0v) is 14.9. The molecule has 2 aliphatic rings. The number of fused-ring (bicyclic) bond motifs is 1. The normalized spacial score (nSPS) is 39.8. The molecule has 0 aromatic rings. The zero-order chi connectivity index (χ0) is 13.9. The molecule has 0 amide bonds. The van der Waals surface area contributed by atoms with E-state index in [2.05, 4.69) is 35.1 Å². The van der Waals surface area contributed by atoms with E-state index in [0.29, 0.717) is 17.4 Å². The molecule has 5 atom stereocenters. The van der Waals surface area contributed by atoms with Crippen LogP contribution in [-0.4, -0.2) is 12.4 Å². The van der Waals surface area contributed by atoms with Crippen molar-refractivity contribution in [3.8, 4) is 0 Å². The number of halogens is 1. The summed E-state index contributed by atoms with van der Waals surface area (Å²) >= 11 is 2.24. The number of hydrogen-bond donors (Lipinski definition) is 0. The summed E-state index contributed by atoms with van der Waals surface area (Å²) in [6.45, 7) is 4.83. The van der Waals surface area contributed by atoms with Crippen LogP contribution in [0, 0.1) is 23.2 Å². The lowest BCUT2D eigenvalue weighted by Gasteiger charge is -2.46. The summed E-state index contributed by atoms with van der Waals surface area (Å²) in [4.78, 5) is 10.6. The third kappa shape index (κ3) is 3.31. The molecule has 0 aliphatic heterocycles. The lowest BCUT2D eigenvalue weighted by atomic mass is 9.61. The molecule has 0 saturated heterocycles. The minimum atomic E-state index is 0.442. The first-order valence-corrected chi connectivity index (χ1v) is 10.8. The van der Waals surface area contributed by atoms with Crippen molar-refractivity contribution >= 4 is 36.7 Å². The number of rotatable bonds is 6. The first-order valence-electron chi connectivity index (χ1n) is 7.51. The van der Waals surface area contributed by atoms with Crippen LogP contribution in [0.15, 0.2) is 0 Å². The molecule has 0 spiro atoms. The van der Waals surface area contributed by atoms with Gasteiger partial charge in [0.05, 0.1) is 15.3 Å². The number of hydrogen-bond acceptors (Lipinski definition) is 3. The van der Waals surface area contributed by atoms with Gasteiger partial charge in [0, 0.05) is 27.6 Å². The highest BCUT2D eigenvalue weighted by Crippen LogP contribution is 2.59. The fraction of sp³-hybridized carbons (Fsp3) is 0.933. The van der Waals surface area contributed by atoms with E-state index in [1.807, 2.05) is 0 Å². The molecule has 2 aliphatic carbocycles. The molecule has 2 rings (SSSR count). The molecule has 5 unspecified atom stereocenters. The third-order valence-electron chi connectivity index (χ3n) is 5.72. The number of aldehydes is 1. The Balaban J connectivity index is 2.06. The molecular weight excluding hydrogens is 371 g/mol. The molecule has 0 radical (unpaired) electrons. The van der Waals surface area contributed by atoms with Gasteiger partial charge in [-0.2, -0.15) is 0 Å². The van der Waals surface area contributed by atoms with Crippen LogP contribution in [0.3, 0.4) is 0 Å². The van der Waals surface area contributed by atoms with Gasteiger partial charge in [-0.05, 0) is 55.3 Å². The van der Waals surface area contributed by atoms with Gasteiger partial charge in [-0.1, -0.05) is 20.3 Å². The van der Waals surface area contributed by atoms with Gasteiger partial charge in [0.25, 0.3) is 0 Å². The molecule has 0 aromatic carbocycles.